The third-order valence-electron chi connectivity index (χ3n) is 3.67. The molecule has 1 amide bonds. The van der Waals surface area contributed by atoms with Gasteiger partial charge >= 0.3 is 0 Å². The lowest BCUT2D eigenvalue weighted by atomic mass is 10.2. The smallest absolute Gasteiger partial charge is 0.284 e. The number of para-hydroxylation sites is 2. The van der Waals surface area contributed by atoms with Gasteiger partial charge < -0.3 is 18.9 Å². The van der Waals surface area contributed by atoms with Crippen LogP contribution in [0.15, 0.2) is 41.5 Å². The summed E-state index contributed by atoms with van der Waals surface area (Å²) in [5, 5.41) is 4.36. The van der Waals surface area contributed by atoms with E-state index in [-0.39, 0.29) is 13.4 Å². The van der Waals surface area contributed by atoms with Crippen molar-refractivity contribution in [2.45, 2.75) is 6.10 Å². The van der Waals surface area contributed by atoms with Crippen molar-refractivity contribution in [3.05, 3.63) is 47.0 Å². The molecule has 2 aliphatic rings. The molecule has 1 atom stereocenters. The number of nitrogens with zero attached hydrogens (tertiary/aromatic N) is 1. The molecule has 1 unspecified atom stereocenters. The van der Waals surface area contributed by atoms with Gasteiger partial charge in [0.25, 0.3) is 5.91 Å². The van der Waals surface area contributed by atoms with Crippen molar-refractivity contribution in [1.82, 2.24) is 5.43 Å². The Hall–Kier alpha value is -2.93. The van der Waals surface area contributed by atoms with Crippen molar-refractivity contribution in [3.63, 3.8) is 0 Å². The summed E-state index contributed by atoms with van der Waals surface area (Å²) >= 11 is 6.14. The number of rotatable bonds is 3. The molecule has 2 aromatic carbocycles. The van der Waals surface area contributed by atoms with Crippen LogP contribution in [0.5, 0.6) is 23.0 Å². The largest absolute Gasteiger partial charge is 0.485 e. The van der Waals surface area contributed by atoms with E-state index < -0.39 is 12.0 Å². The Morgan fingerprint density at radius 3 is 2.72 bits per heavy atom. The predicted octanol–water partition coefficient (Wildman–Crippen LogP) is 2.36. The zero-order valence-corrected chi connectivity index (χ0v) is 13.7. The molecule has 0 saturated carbocycles. The molecule has 1 N–H and O–H groups in total. The molecule has 2 aromatic rings. The second-order valence-corrected chi connectivity index (χ2v) is 5.73. The molecule has 4 rings (SSSR count). The monoisotopic (exact) mass is 360 g/mol. The van der Waals surface area contributed by atoms with Gasteiger partial charge in [-0.05, 0) is 18.2 Å². The van der Waals surface area contributed by atoms with Gasteiger partial charge in [0.2, 0.25) is 12.9 Å². The summed E-state index contributed by atoms with van der Waals surface area (Å²) in [5.74, 6) is 1.89. The topological polar surface area (TPSA) is 78.4 Å². The van der Waals surface area contributed by atoms with E-state index in [9.17, 15) is 4.79 Å². The predicted molar refractivity (Wildman–Crippen MR) is 89.7 cm³/mol. The maximum Gasteiger partial charge on any atom is 0.284 e. The molecule has 0 bridgehead atoms. The lowest BCUT2D eigenvalue weighted by Crippen LogP contribution is -2.42. The number of hydrogen-bond donors (Lipinski definition) is 1. The number of carbonyl (C=O) groups excluding carboxylic acids is 1. The summed E-state index contributed by atoms with van der Waals surface area (Å²) in [7, 11) is 0. The fourth-order valence-electron chi connectivity index (χ4n) is 2.42. The van der Waals surface area contributed by atoms with Crippen molar-refractivity contribution in [2.75, 3.05) is 13.4 Å². The Kier molecular flexibility index (Phi) is 4.07. The van der Waals surface area contributed by atoms with Crippen LogP contribution in [0, 0.1) is 0 Å². The third kappa shape index (κ3) is 3.18. The van der Waals surface area contributed by atoms with Crippen LogP contribution >= 0.6 is 11.6 Å². The average Bonchev–Trinajstić information content (AvgIpc) is 3.08. The van der Waals surface area contributed by atoms with Crippen LogP contribution in [0.1, 0.15) is 5.56 Å². The first-order valence-corrected chi connectivity index (χ1v) is 7.89. The highest BCUT2D eigenvalue weighted by molar-refractivity contribution is 6.33. The van der Waals surface area contributed by atoms with Crippen molar-refractivity contribution in [1.29, 1.82) is 0 Å². The standard InChI is InChI=1S/C17H13ClN2O5/c18-11-6-15-14(23-9-24-15)5-10(11)7-19-20-17(21)16-8-22-12-3-1-2-4-13(12)25-16/h1-7,16H,8-9H2,(H,20,21)/b19-7+. The second kappa shape index (κ2) is 6.52. The molecule has 0 saturated heterocycles. The van der Waals surface area contributed by atoms with Gasteiger partial charge in [0.05, 0.1) is 11.2 Å². The van der Waals surface area contributed by atoms with Gasteiger partial charge in [-0.15, -0.1) is 0 Å². The zero-order chi connectivity index (χ0) is 17.2. The molecular weight excluding hydrogens is 348 g/mol. The first kappa shape index (κ1) is 15.6. The molecule has 25 heavy (non-hydrogen) atoms. The minimum Gasteiger partial charge on any atom is -0.485 e. The highest BCUT2D eigenvalue weighted by atomic mass is 35.5. The Bertz CT molecular complexity index is 855. The minimum atomic E-state index is -0.778. The molecule has 0 radical (unpaired) electrons. The summed E-state index contributed by atoms with van der Waals surface area (Å²) in [4.78, 5) is 12.2. The lowest BCUT2D eigenvalue weighted by molar-refractivity contribution is -0.130. The maximum atomic E-state index is 12.2. The minimum absolute atomic E-state index is 0.114. The molecule has 0 aromatic heterocycles. The third-order valence-corrected chi connectivity index (χ3v) is 4.00. The lowest BCUT2D eigenvalue weighted by Gasteiger charge is -2.24. The molecule has 128 valence electrons. The van der Waals surface area contributed by atoms with E-state index in [0.29, 0.717) is 33.6 Å². The quantitative estimate of drug-likeness (QED) is 0.671. The molecular formula is C17H13ClN2O5. The number of nitrogens with one attached hydrogen (secondary N) is 1. The van der Waals surface area contributed by atoms with Crippen LogP contribution < -0.4 is 24.4 Å². The zero-order valence-electron chi connectivity index (χ0n) is 12.9. The normalized spacial score (nSPS) is 17.6. The van der Waals surface area contributed by atoms with E-state index in [4.69, 9.17) is 30.5 Å². The van der Waals surface area contributed by atoms with E-state index in [1.165, 1.54) is 6.21 Å². The van der Waals surface area contributed by atoms with Crippen LogP contribution in [0.4, 0.5) is 0 Å². The number of hydrazone groups is 1. The summed E-state index contributed by atoms with van der Waals surface area (Å²) < 4.78 is 21.6. The Morgan fingerprint density at radius 2 is 1.88 bits per heavy atom. The van der Waals surface area contributed by atoms with Crippen LogP contribution in [0.3, 0.4) is 0 Å². The first-order valence-electron chi connectivity index (χ1n) is 7.51. The van der Waals surface area contributed by atoms with Gasteiger partial charge in [0.1, 0.15) is 6.61 Å². The summed E-state index contributed by atoms with van der Waals surface area (Å²) in [6.07, 6.45) is 0.652. The fourth-order valence-corrected chi connectivity index (χ4v) is 2.62. The molecule has 2 aliphatic heterocycles. The summed E-state index contributed by atoms with van der Waals surface area (Å²) in [6, 6.07) is 10.5. The SMILES string of the molecule is O=C(N/N=C/c1cc2c(cc1Cl)OCO2)C1COc2ccccc2O1. The maximum absolute atomic E-state index is 12.2. The number of amides is 1. The van der Waals surface area contributed by atoms with Crippen LogP contribution in [-0.4, -0.2) is 31.6 Å². The van der Waals surface area contributed by atoms with Crippen LogP contribution in [0.25, 0.3) is 0 Å². The molecule has 7 nitrogen and oxygen atoms in total. The molecule has 0 spiro atoms. The number of halogens is 1. The van der Waals surface area contributed by atoms with E-state index in [1.807, 2.05) is 12.1 Å². The van der Waals surface area contributed by atoms with Gasteiger partial charge in [-0.3, -0.25) is 4.79 Å². The number of ether oxygens (including phenoxy) is 4. The van der Waals surface area contributed by atoms with Crippen LogP contribution in [-0.2, 0) is 4.79 Å². The second-order valence-electron chi connectivity index (χ2n) is 5.33. The first-order chi connectivity index (χ1) is 12.2. The van der Waals surface area contributed by atoms with Crippen LogP contribution in [0.2, 0.25) is 5.02 Å². The van der Waals surface area contributed by atoms with E-state index >= 15 is 0 Å². The molecule has 0 aliphatic carbocycles. The summed E-state index contributed by atoms with van der Waals surface area (Å²) in [6.45, 7) is 0.270. The highest BCUT2D eigenvalue weighted by Gasteiger charge is 2.27. The Balaban J connectivity index is 1.40. The van der Waals surface area contributed by atoms with E-state index in [1.54, 1.807) is 24.3 Å². The van der Waals surface area contributed by atoms with Crippen molar-refractivity contribution in [2.24, 2.45) is 5.10 Å². The Labute approximate surface area is 148 Å². The number of benzene rings is 2. The van der Waals surface area contributed by atoms with Gasteiger partial charge in [-0.25, -0.2) is 5.43 Å². The van der Waals surface area contributed by atoms with Crippen molar-refractivity contribution < 1.29 is 23.7 Å². The Morgan fingerprint density at radius 1 is 1.12 bits per heavy atom. The van der Waals surface area contributed by atoms with Gasteiger partial charge in [-0.2, -0.15) is 5.10 Å². The molecule has 0 fully saturated rings. The highest BCUT2D eigenvalue weighted by Crippen LogP contribution is 2.36. The number of carbonyl (C=O) groups is 1. The fraction of sp³-hybridized carbons (Fsp3) is 0.176. The summed E-state index contributed by atoms with van der Waals surface area (Å²) in [5.41, 5.74) is 3.02. The molecule has 2 heterocycles. The van der Waals surface area contributed by atoms with Gasteiger partial charge in [0, 0.05) is 11.6 Å². The average molecular weight is 361 g/mol. The molecule has 8 heteroatoms. The number of hydrogen-bond acceptors (Lipinski definition) is 6. The van der Waals surface area contributed by atoms with Crippen molar-refractivity contribution in [3.8, 4) is 23.0 Å². The van der Waals surface area contributed by atoms with Crippen molar-refractivity contribution >= 4 is 23.7 Å². The number of fused-ring (bicyclic) bond motifs is 2. The van der Waals surface area contributed by atoms with E-state index in [0.717, 1.165) is 0 Å². The van der Waals surface area contributed by atoms with Gasteiger partial charge in [-0.1, -0.05) is 23.7 Å². The van der Waals surface area contributed by atoms with E-state index in [2.05, 4.69) is 10.5 Å². The van der Waals surface area contributed by atoms with Gasteiger partial charge in [0.15, 0.2) is 23.0 Å².